The maximum absolute atomic E-state index is 11.8. The maximum Gasteiger partial charge on any atom is 0.422 e. The highest BCUT2D eigenvalue weighted by Crippen LogP contribution is 2.16. The number of rotatable bonds is 3. The van der Waals surface area contributed by atoms with E-state index in [1.54, 1.807) is 14.1 Å². The third kappa shape index (κ3) is 3.96. The van der Waals surface area contributed by atoms with Crippen molar-refractivity contribution < 1.29 is 17.9 Å². The van der Waals surface area contributed by atoms with Crippen molar-refractivity contribution in [3.8, 4) is 6.01 Å². The van der Waals surface area contributed by atoms with Crippen LogP contribution in [-0.4, -0.2) is 41.8 Å². The lowest BCUT2D eigenvalue weighted by molar-refractivity contribution is -0.154. The molecule has 0 fully saturated rings. The second-order valence-electron chi connectivity index (χ2n) is 2.82. The van der Waals surface area contributed by atoms with Crippen LogP contribution in [0.5, 0.6) is 6.01 Å². The molecule has 0 saturated carbocycles. The number of ether oxygens (including phenoxy) is 1. The molecule has 0 unspecified atom stereocenters. The van der Waals surface area contributed by atoms with Gasteiger partial charge in [-0.2, -0.15) is 28.1 Å². The van der Waals surface area contributed by atoms with Gasteiger partial charge in [-0.05, 0) is 0 Å². The van der Waals surface area contributed by atoms with Crippen molar-refractivity contribution in [3.63, 3.8) is 0 Å². The van der Waals surface area contributed by atoms with E-state index in [9.17, 15) is 13.2 Å². The largest absolute Gasteiger partial charge is 0.454 e. The SMILES string of the molecule is CN(C)c1n[c]nc(OCC(F)(F)F)n1. The predicted octanol–water partition coefficient (Wildman–Crippen LogP) is 0.679. The van der Waals surface area contributed by atoms with E-state index in [2.05, 4.69) is 26.0 Å². The van der Waals surface area contributed by atoms with Gasteiger partial charge in [-0.3, -0.25) is 0 Å². The van der Waals surface area contributed by atoms with E-state index in [-0.39, 0.29) is 5.95 Å². The van der Waals surface area contributed by atoms with Crippen LogP contribution in [0.1, 0.15) is 0 Å². The number of halogens is 3. The molecule has 1 radical (unpaired) electrons. The molecule has 0 bridgehead atoms. The highest BCUT2D eigenvalue weighted by atomic mass is 19.4. The average molecular weight is 221 g/mol. The summed E-state index contributed by atoms with van der Waals surface area (Å²) in [5, 5.41) is 0. The van der Waals surface area contributed by atoms with Gasteiger partial charge in [-0.1, -0.05) is 0 Å². The number of anilines is 1. The fraction of sp³-hybridized carbons (Fsp3) is 0.571. The number of hydrogen-bond acceptors (Lipinski definition) is 5. The summed E-state index contributed by atoms with van der Waals surface area (Å²) in [7, 11) is 3.27. The molecule has 0 saturated heterocycles. The van der Waals surface area contributed by atoms with Crippen LogP contribution in [-0.2, 0) is 0 Å². The van der Waals surface area contributed by atoms with E-state index < -0.39 is 18.8 Å². The number of nitrogens with zero attached hydrogens (tertiary/aromatic N) is 4. The van der Waals surface area contributed by atoms with Gasteiger partial charge in [0.25, 0.3) is 0 Å². The lowest BCUT2D eigenvalue weighted by Crippen LogP contribution is -2.21. The molecule has 1 aromatic rings. The van der Waals surface area contributed by atoms with Crippen molar-refractivity contribution in [2.45, 2.75) is 6.18 Å². The van der Waals surface area contributed by atoms with Crippen molar-refractivity contribution in [1.29, 1.82) is 0 Å². The zero-order valence-electron chi connectivity index (χ0n) is 8.04. The smallest absolute Gasteiger partial charge is 0.422 e. The molecule has 0 aliphatic carbocycles. The molecule has 0 aliphatic rings. The van der Waals surface area contributed by atoms with E-state index in [0.29, 0.717) is 0 Å². The zero-order valence-corrected chi connectivity index (χ0v) is 8.04. The highest BCUT2D eigenvalue weighted by molar-refractivity contribution is 5.25. The molecule has 1 aromatic heterocycles. The van der Waals surface area contributed by atoms with Gasteiger partial charge < -0.3 is 9.64 Å². The van der Waals surface area contributed by atoms with Crippen LogP contribution in [0, 0.1) is 6.33 Å². The molecular weight excluding hydrogens is 213 g/mol. The topological polar surface area (TPSA) is 51.1 Å². The van der Waals surface area contributed by atoms with Gasteiger partial charge in [0, 0.05) is 14.1 Å². The van der Waals surface area contributed by atoms with Gasteiger partial charge in [0.05, 0.1) is 0 Å². The Labute approximate surface area is 83.9 Å². The average Bonchev–Trinajstić information content (AvgIpc) is 2.14. The van der Waals surface area contributed by atoms with Gasteiger partial charge in [0.2, 0.25) is 12.3 Å². The first-order valence-electron chi connectivity index (χ1n) is 3.87. The standard InChI is InChI=1S/C7H8F3N4O/c1-14(2)5-11-4-12-6(13-5)15-3-7(8,9)10/h3H2,1-2H3. The van der Waals surface area contributed by atoms with Crippen molar-refractivity contribution in [3.05, 3.63) is 6.33 Å². The first kappa shape index (κ1) is 11.5. The Hall–Kier alpha value is -1.60. The molecule has 0 aromatic carbocycles. The molecule has 0 aliphatic heterocycles. The Morgan fingerprint density at radius 1 is 1.33 bits per heavy atom. The van der Waals surface area contributed by atoms with Crippen LogP contribution < -0.4 is 9.64 Å². The van der Waals surface area contributed by atoms with Gasteiger partial charge >= 0.3 is 12.2 Å². The van der Waals surface area contributed by atoms with Gasteiger partial charge in [0.1, 0.15) is 0 Å². The lowest BCUT2D eigenvalue weighted by atomic mass is 10.7. The van der Waals surface area contributed by atoms with Crippen molar-refractivity contribution >= 4 is 5.95 Å². The summed E-state index contributed by atoms with van der Waals surface area (Å²) >= 11 is 0. The highest BCUT2D eigenvalue weighted by Gasteiger charge is 2.29. The van der Waals surface area contributed by atoms with E-state index in [1.807, 2.05) is 0 Å². The van der Waals surface area contributed by atoms with Crippen LogP contribution in [0.25, 0.3) is 0 Å². The van der Waals surface area contributed by atoms with E-state index in [0.717, 1.165) is 0 Å². The number of hydrogen-bond donors (Lipinski definition) is 0. The first-order chi connectivity index (χ1) is 6.88. The monoisotopic (exact) mass is 221 g/mol. The third-order valence-electron chi connectivity index (χ3n) is 1.26. The van der Waals surface area contributed by atoms with E-state index in [4.69, 9.17) is 0 Å². The molecule has 0 atom stereocenters. The van der Waals surface area contributed by atoms with Gasteiger partial charge in [-0.15, -0.1) is 0 Å². The molecular formula is C7H8F3N4O. The minimum Gasteiger partial charge on any atom is -0.454 e. The van der Waals surface area contributed by atoms with Crippen molar-refractivity contribution in [1.82, 2.24) is 15.0 Å². The zero-order chi connectivity index (χ0) is 11.5. The normalized spacial score (nSPS) is 11.3. The second-order valence-corrected chi connectivity index (χ2v) is 2.82. The minimum atomic E-state index is -4.41. The summed E-state index contributed by atoms with van der Waals surface area (Å²) in [5.41, 5.74) is 0. The van der Waals surface area contributed by atoms with Crippen LogP contribution in [0.3, 0.4) is 0 Å². The summed E-state index contributed by atoms with van der Waals surface area (Å²) < 4.78 is 39.7. The van der Waals surface area contributed by atoms with Gasteiger partial charge in [0.15, 0.2) is 6.61 Å². The van der Waals surface area contributed by atoms with E-state index in [1.165, 1.54) is 4.90 Å². The van der Waals surface area contributed by atoms with Crippen LogP contribution >= 0.6 is 0 Å². The summed E-state index contributed by atoms with van der Waals surface area (Å²) in [4.78, 5) is 12.1. The van der Waals surface area contributed by atoms with Crippen LogP contribution in [0.4, 0.5) is 19.1 Å². The second kappa shape index (κ2) is 4.28. The fourth-order valence-electron chi connectivity index (χ4n) is 0.659. The van der Waals surface area contributed by atoms with Crippen LogP contribution in [0.15, 0.2) is 0 Å². The summed E-state index contributed by atoms with van der Waals surface area (Å²) in [6, 6.07) is -0.397. The summed E-state index contributed by atoms with van der Waals surface area (Å²) in [6.07, 6.45) is -2.26. The Morgan fingerprint density at radius 2 is 2.00 bits per heavy atom. The minimum absolute atomic E-state index is 0.183. The van der Waals surface area contributed by atoms with Crippen LogP contribution in [0.2, 0.25) is 0 Å². The van der Waals surface area contributed by atoms with E-state index >= 15 is 0 Å². The predicted molar refractivity (Wildman–Crippen MR) is 44.5 cm³/mol. The summed E-state index contributed by atoms with van der Waals surface area (Å²) in [6.45, 7) is -1.43. The van der Waals surface area contributed by atoms with Gasteiger partial charge in [-0.25, -0.2) is 0 Å². The molecule has 0 N–H and O–H groups in total. The number of alkyl halides is 3. The molecule has 1 heterocycles. The van der Waals surface area contributed by atoms with Crippen molar-refractivity contribution in [2.24, 2.45) is 0 Å². The Balaban J connectivity index is 2.66. The molecule has 0 spiro atoms. The molecule has 1 rings (SSSR count). The molecule has 5 nitrogen and oxygen atoms in total. The summed E-state index contributed by atoms with van der Waals surface area (Å²) in [5.74, 6) is 0.183. The third-order valence-corrected chi connectivity index (χ3v) is 1.26. The Kier molecular flexibility index (Phi) is 3.28. The molecule has 0 amide bonds. The molecule has 8 heteroatoms. The number of aromatic nitrogens is 3. The van der Waals surface area contributed by atoms with Crippen molar-refractivity contribution in [2.75, 3.05) is 25.6 Å². The Bertz CT molecular complexity index is 328. The first-order valence-corrected chi connectivity index (χ1v) is 3.87. The Morgan fingerprint density at radius 3 is 2.53 bits per heavy atom. The molecule has 15 heavy (non-hydrogen) atoms. The maximum atomic E-state index is 11.8. The lowest BCUT2D eigenvalue weighted by Gasteiger charge is -2.10. The fourth-order valence-corrected chi connectivity index (χ4v) is 0.659. The quantitative estimate of drug-likeness (QED) is 0.751. The molecule has 83 valence electrons.